The first kappa shape index (κ1) is 13.0. The summed E-state index contributed by atoms with van der Waals surface area (Å²) in [4.78, 5) is 0. The molecule has 0 atom stereocenters. The molecule has 0 spiro atoms. The fraction of sp³-hybridized carbons (Fsp3) is 0. The smallest absolute Gasteiger partial charge is 0.160 e. The highest BCUT2D eigenvalue weighted by molar-refractivity contribution is 6.39. The molecule has 0 amide bonds. The maximum absolute atomic E-state index is 13.6. The second kappa shape index (κ2) is 5.03. The zero-order chi connectivity index (χ0) is 12.6. The molecule has 0 fully saturated rings. The third-order valence-electron chi connectivity index (χ3n) is 2.26. The van der Waals surface area contributed by atoms with E-state index < -0.39 is 5.82 Å². The van der Waals surface area contributed by atoms with Crippen LogP contribution in [0.4, 0.5) is 4.39 Å². The van der Waals surface area contributed by atoms with Crippen molar-refractivity contribution in [2.45, 2.75) is 0 Å². The Balaban J connectivity index is 2.65. The van der Waals surface area contributed by atoms with Crippen molar-refractivity contribution in [2.24, 2.45) is 0 Å². The van der Waals surface area contributed by atoms with Crippen LogP contribution in [0.2, 0.25) is 20.1 Å². The molecule has 0 aliphatic carbocycles. The average Bonchev–Trinajstić information content (AvgIpc) is 2.28. The highest BCUT2D eigenvalue weighted by atomic mass is 35.5. The van der Waals surface area contributed by atoms with Crippen molar-refractivity contribution in [1.82, 2.24) is 0 Å². The molecule has 0 N–H and O–H groups in total. The van der Waals surface area contributed by atoms with Gasteiger partial charge in [-0.15, -0.1) is 0 Å². The highest BCUT2D eigenvalue weighted by Crippen LogP contribution is 2.37. The molecule has 17 heavy (non-hydrogen) atoms. The predicted octanol–water partition coefficient (Wildman–Crippen LogP) is 6.11. The Morgan fingerprint density at radius 3 is 2.06 bits per heavy atom. The Kier molecular flexibility index (Phi) is 3.84. The van der Waals surface area contributed by atoms with Gasteiger partial charge in [0.2, 0.25) is 0 Å². The molecule has 0 nitrogen and oxygen atoms in total. The molecule has 0 aliphatic rings. The first-order valence-electron chi connectivity index (χ1n) is 4.59. The van der Waals surface area contributed by atoms with Crippen LogP contribution in [0.1, 0.15) is 0 Å². The molecule has 2 aromatic rings. The van der Waals surface area contributed by atoms with Crippen molar-refractivity contribution in [3.8, 4) is 11.1 Å². The summed E-state index contributed by atoms with van der Waals surface area (Å²) in [6.07, 6.45) is 0. The maximum atomic E-state index is 13.6. The van der Waals surface area contributed by atoms with Crippen LogP contribution in [0, 0.1) is 5.82 Å². The molecule has 0 radical (unpaired) electrons. The van der Waals surface area contributed by atoms with Gasteiger partial charge in [0, 0.05) is 21.2 Å². The molecule has 5 heteroatoms. The number of halogens is 5. The van der Waals surface area contributed by atoms with E-state index in [9.17, 15) is 4.39 Å². The Labute approximate surface area is 118 Å². The van der Waals surface area contributed by atoms with E-state index in [0.29, 0.717) is 21.2 Å². The quantitative estimate of drug-likeness (QED) is 0.558. The molecule has 0 aromatic heterocycles. The standard InChI is InChI=1S/C12H5Cl4F/c13-6-1-2-7(10(15)5-6)8-3-4-9(14)12(17)11(8)16/h1-5H. The van der Waals surface area contributed by atoms with Crippen molar-refractivity contribution in [1.29, 1.82) is 0 Å². The summed E-state index contributed by atoms with van der Waals surface area (Å²) in [6, 6.07) is 7.96. The minimum absolute atomic E-state index is 0.0242. The average molecular weight is 310 g/mol. The molecule has 0 saturated carbocycles. The van der Waals surface area contributed by atoms with Crippen molar-refractivity contribution >= 4 is 46.4 Å². The van der Waals surface area contributed by atoms with Gasteiger partial charge in [-0.2, -0.15) is 0 Å². The zero-order valence-electron chi connectivity index (χ0n) is 8.28. The van der Waals surface area contributed by atoms with Crippen LogP contribution in [-0.4, -0.2) is 0 Å². The summed E-state index contributed by atoms with van der Waals surface area (Å²) in [5.41, 5.74) is 1.09. The number of hydrogen-bond donors (Lipinski definition) is 0. The van der Waals surface area contributed by atoms with Gasteiger partial charge >= 0.3 is 0 Å². The van der Waals surface area contributed by atoms with Gasteiger partial charge in [0.05, 0.1) is 10.0 Å². The van der Waals surface area contributed by atoms with Gasteiger partial charge in [0.15, 0.2) is 5.82 Å². The van der Waals surface area contributed by atoms with Crippen LogP contribution in [0.25, 0.3) is 11.1 Å². The Morgan fingerprint density at radius 2 is 1.41 bits per heavy atom. The monoisotopic (exact) mass is 308 g/mol. The summed E-state index contributed by atoms with van der Waals surface area (Å²) in [6.45, 7) is 0. The van der Waals surface area contributed by atoms with E-state index in [1.807, 2.05) is 0 Å². The fourth-order valence-corrected chi connectivity index (χ4v) is 2.42. The molecule has 2 aromatic carbocycles. The Bertz CT molecular complexity index is 581. The van der Waals surface area contributed by atoms with E-state index >= 15 is 0 Å². The fourth-order valence-electron chi connectivity index (χ4n) is 1.44. The highest BCUT2D eigenvalue weighted by Gasteiger charge is 2.14. The largest absolute Gasteiger partial charge is 0.204 e. The van der Waals surface area contributed by atoms with Gasteiger partial charge in [-0.3, -0.25) is 0 Å². The van der Waals surface area contributed by atoms with Crippen LogP contribution in [0.3, 0.4) is 0 Å². The molecule has 0 aliphatic heterocycles. The molecule has 0 unspecified atom stereocenters. The third-order valence-corrected chi connectivity index (χ3v) is 3.47. The maximum Gasteiger partial charge on any atom is 0.160 e. The summed E-state index contributed by atoms with van der Waals surface area (Å²) in [7, 11) is 0. The van der Waals surface area contributed by atoms with Crippen LogP contribution in [0.5, 0.6) is 0 Å². The molecule has 2 rings (SSSR count). The van der Waals surface area contributed by atoms with Gasteiger partial charge in [0.1, 0.15) is 0 Å². The molecular formula is C12H5Cl4F. The Morgan fingerprint density at radius 1 is 0.765 bits per heavy atom. The molecule has 0 saturated heterocycles. The third kappa shape index (κ3) is 2.53. The minimum Gasteiger partial charge on any atom is -0.204 e. The van der Waals surface area contributed by atoms with Crippen molar-refractivity contribution in [3.63, 3.8) is 0 Å². The van der Waals surface area contributed by atoms with Crippen LogP contribution in [0.15, 0.2) is 30.3 Å². The van der Waals surface area contributed by atoms with Crippen molar-refractivity contribution < 1.29 is 4.39 Å². The topological polar surface area (TPSA) is 0 Å². The lowest BCUT2D eigenvalue weighted by atomic mass is 10.1. The van der Waals surface area contributed by atoms with Crippen molar-refractivity contribution in [2.75, 3.05) is 0 Å². The first-order valence-corrected chi connectivity index (χ1v) is 6.11. The first-order chi connectivity index (χ1) is 8.00. The second-order valence-corrected chi connectivity index (χ2v) is 4.98. The number of benzene rings is 2. The van der Waals surface area contributed by atoms with E-state index in [-0.39, 0.29) is 10.0 Å². The molecular weight excluding hydrogens is 305 g/mol. The van der Waals surface area contributed by atoms with Gasteiger partial charge in [-0.05, 0) is 18.2 Å². The van der Waals surface area contributed by atoms with E-state index in [1.165, 1.54) is 6.07 Å². The number of rotatable bonds is 1. The Hall–Kier alpha value is -0.470. The van der Waals surface area contributed by atoms with Crippen LogP contribution < -0.4 is 0 Å². The van der Waals surface area contributed by atoms with Gasteiger partial charge < -0.3 is 0 Å². The SMILES string of the molecule is Fc1c(Cl)ccc(-c2ccc(Cl)cc2Cl)c1Cl. The lowest BCUT2D eigenvalue weighted by Crippen LogP contribution is -1.86. The van der Waals surface area contributed by atoms with E-state index in [0.717, 1.165) is 0 Å². The molecule has 0 heterocycles. The normalized spacial score (nSPS) is 10.6. The zero-order valence-corrected chi connectivity index (χ0v) is 11.3. The van der Waals surface area contributed by atoms with E-state index in [4.69, 9.17) is 46.4 Å². The number of hydrogen-bond acceptors (Lipinski definition) is 0. The van der Waals surface area contributed by atoms with Gasteiger partial charge in [-0.1, -0.05) is 58.5 Å². The summed E-state index contributed by atoms with van der Waals surface area (Å²) >= 11 is 23.3. The van der Waals surface area contributed by atoms with Crippen LogP contribution >= 0.6 is 46.4 Å². The van der Waals surface area contributed by atoms with E-state index in [2.05, 4.69) is 0 Å². The minimum atomic E-state index is -0.656. The lowest BCUT2D eigenvalue weighted by molar-refractivity contribution is 0.629. The van der Waals surface area contributed by atoms with Crippen molar-refractivity contribution in [3.05, 3.63) is 56.2 Å². The summed E-state index contributed by atoms with van der Waals surface area (Å²) in [5.74, 6) is -0.656. The summed E-state index contributed by atoms with van der Waals surface area (Å²) in [5, 5.41) is 0.830. The summed E-state index contributed by atoms with van der Waals surface area (Å²) < 4.78 is 13.6. The predicted molar refractivity (Wildman–Crippen MR) is 71.9 cm³/mol. The van der Waals surface area contributed by atoms with Gasteiger partial charge in [0.25, 0.3) is 0 Å². The lowest BCUT2D eigenvalue weighted by Gasteiger charge is -2.08. The second-order valence-electron chi connectivity index (χ2n) is 3.35. The van der Waals surface area contributed by atoms with E-state index in [1.54, 1.807) is 24.3 Å². The molecule has 0 bridgehead atoms. The van der Waals surface area contributed by atoms with Gasteiger partial charge in [-0.25, -0.2) is 4.39 Å². The molecule has 88 valence electrons. The van der Waals surface area contributed by atoms with Crippen LogP contribution in [-0.2, 0) is 0 Å².